The zero-order chi connectivity index (χ0) is 16.2. The summed E-state index contributed by atoms with van der Waals surface area (Å²) < 4.78 is 35.0. The van der Waals surface area contributed by atoms with Crippen molar-refractivity contribution >= 4 is 10.4 Å². The van der Waals surface area contributed by atoms with Gasteiger partial charge >= 0.3 is 10.4 Å². The Morgan fingerprint density at radius 2 is 1.29 bits per heavy atom. The molecule has 0 rings (SSSR count). The van der Waals surface area contributed by atoms with Gasteiger partial charge in [-0.15, -0.1) is 0 Å². The van der Waals surface area contributed by atoms with E-state index in [0.29, 0.717) is 13.1 Å². The Bertz CT molecular complexity index is 346. The maximum atomic E-state index is 10.8. The van der Waals surface area contributed by atoms with Gasteiger partial charge in [0.2, 0.25) is 0 Å². The second-order valence-corrected chi connectivity index (χ2v) is 7.03. The van der Waals surface area contributed by atoms with Crippen molar-refractivity contribution in [3.05, 3.63) is 0 Å². The molecule has 0 saturated heterocycles. The monoisotopic (exact) mass is 324 g/mol. The number of hydrogen-bond donors (Lipinski definition) is 1. The Morgan fingerprint density at radius 3 is 1.67 bits per heavy atom. The van der Waals surface area contributed by atoms with E-state index in [0.717, 1.165) is 12.8 Å². The van der Waals surface area contributed by atoms with Crippen molar-refractivity contribution < 1.29 is 21.9 Å². The highest BCUT2D eigenvalue weighted by Gasteiger charge is 2.28. The maximum Gasteiger partial charge on any atom is 0.442 e. The molecule has 21 heavy (non-hydrogen) atoms. The first-order valence-electron chi connectivity index (χ1n) is 8.36. The van der Waals surface area contributed by atoms with Gasteiger partial charge in [-0.25, -0.2) is 0 Å². The topological polar surface area (TPSA) is 63.6 Å². The van der Waals surface area contributed by atoms with E-state index in [1.807, 2.05) is 6.92 Å². The number of nitrogens with zero attached hydrogens (tertiary/aromatic N) is 1. The van der Waals surface area contributed by atoms with Crippen molar-refractivity contribution in [3.8, 4) is 0 Å². The van der Waals surface area contributed by atoms with Crippen LogP contribution in [0.4, 0.5) is 0 Å². The van der Waals surface area contributed by atoms with Crippen molar-refractivity contribution in [2.24, 2.45) is 0 Å². The van der Waals surface area contributed by atoms with Gasteiger partial charge in [-0.05, 0) is 24.0 Å². The molecule has 5 nitrogen and oxygen atoms in total. The van der Waals surface area contributed by atoms with Crippen molar-refractivity contribution in [1.82, 2.24) is 0 Å². The van der Waals surface area contributed by atoms with Gasteiger partial charge in [0.25, 0.3) is 0 Å². The average Bonchev–Trinajstić information content (AvgIpc) is 2.39. The lowest BCUT2D eigenvalue weighted by atomic mass is 10.1. The Balaban J connectivity index is 3.60. The quantitative estimate of drug-likeness (QED) is 0.226. The van der Waals surface area contributed by atoms with Crippen LogP contribution in [0.5, 0.6) is 0 Å². The second kappa shape index (κ2) is 11.4. The molecule has 0 fully saturated rings. The summed E-state index contributed by atoms with van der Waals surface area (Å²) >= 11 is 0. The Kier molecular flexibility index (Phi) is 11.3. The Morgan fingerprint density at radius 1 is 0.857 bits per heavy atom. The van der Waals surface area contributed by atoms with Crippen LogP contribution in [0, 0.1) is 0 Å². The largest absolute Gasteiger partial charge is 0.442 e. The predicted molar refractivity (Wildman–Crippen MR) is 86.1 cm³/mol. The van der Waals surface area contributed by atoms with Crippen LogP contribution in [-0.2, 0) is 14.7 Å². The summed E-state index contributed by atoms with van der Waals surface area (Å²) in [5.74, 6) is 0. The molecule has 0 aliphatic carbocycles. The number of hydrogen-bond acceptors (Lipinski definition) is 3. The standard InChI is InChI=1S/C15H33NO4S/c1-4-6-7-8-9-10-11-12-13-14-15-16(3,5-2)20-21(17,18)19/h4-15H2,1-3H3/p+1. The number of hydroxylamine groups is 3. The highest BCUT2D eigenvalue weighted by molar-refractivity contribution is 7.80. The summed E-state index contributed by atoms with van der Waals surface area (Å²) in [7, 11) is -2.70. The van der Waals surface area contributed by atoms with Crippen LogP contribution in [-0.4, -0.2) is 37.8 Å². The molecular weight excluding hydrogens is 290 g/mol. The Labute approximate surface area is 131 Å². The van der Waals surface area contributed by atoms with Crippen LogP contribution in [0.15, 0.2) is 0 Å². The molecule has 0 aliphatic heterocycles. The zero-order valence-electron chi connectivity index (χ0n) is 14.0. The SMILES string of the molecule is CCCCCCCCCCCC[N+](C)(CC)OS(=O)(=O)O. The van der Waals surface area contributed by atoms with Crippen molar-refractivity contribution in [3.63, 3.8) is 0 Å². The summed E-state index contributed by atoms with van der Waals surface area (Å²) in [5.41, 5.74) is 0. The number of rotatable bonds is 14. The molecule has 128 valence electrons. The van der Waals surface area contributed by atoms with Crippen LogP contribution < -0.4 is 0 Å². The highest BCUT2D eigenvalue weighted by atomic mass is 32.3. The summed E-state index contributed by atoms with van der Waals surface area (Å²) in [6.45, 7) is 5.19. The molecule has 0 saturated carbocycles. The molecule has 0 aromatic rings. The van der Waals surface area contributed by atoms with Gasteiger partial charge in [0.15, 0.2) is 0 Å². The molecular formula is C15H34NO4S+. The fourth-order valence-electron chi connectivity index (χ4n) is 2.41. The molecule has 0 bridgehead atoms. The first kappa shape index (κ1) is 20.8. The van der Waals surface area contributed by atoms with Gasteiger partial charge < -0.3 is 0 Å². The lowest BCUT2D eigenvalue weighted by Gasteiger charge is -2.27. The molecule has 6 heteroatoms. The minimum absolute atomic E-state index is 0.0874. The average molecular weight is 325 g/mol. The maximum absolute atomic E-state index is 10.8. The van der Waals surface area contributed by atoms with E-state index in [9.17, 15) is 8.42 Å². The minimum atomic E-state index is -4.38. The molecule has 0 heterocycles. The number of unbranched alkanes of at least 4 members (excludes halogenated alkanes) is 9. The van der Waals surface area contributed by atoms with E-state index in [1.165, 1.54) is 51.4 Å². The molecule has 1 atom stereocenters. The summed E-state index contributed by atoms with van der Waals surface area (Å²) in [4.78, 5) is 0. The normalized spacial score (nSPS) is 15.0. The minimum Gasteiger partial charge on any atom is -0.260 e. The molecule has 0 aromatic heterocycles. The van der Waals surface area contributed by atoms with Crippen LogP contribution in [0.2, 0.25) is 0 Å². The first-order chi connectivity index (χ1) is 9.83. The van der Waals surface area contributed by atoms with Crippen molar-refractivity contribution in [2.75, 3.05) is 20.1 Å². The van der Waals surface area contributed by atoms with E-state index in [-0.39, 0.29) is 4.65 Å². The highest BCUT2D eigenvalue weighted by Crippen LogP contribution is 2.13. The van der Waals surface area contributed by atoms with Gasteiger partial charge in [-0.2, -0.15) is 13.1 Å². The third-order valence-corrected chi connectivity index (χ3v) is 4.48. The van der Waals surface area contributed by atoms with E-state index in [4.69, 9.17) is 8.84 Å². The van der Waals surface area contributed by atoms with E-state index < -0.39 is 10.4 Å². The van der Waals surface area contributed by atoms with E-state index >= 15 is 0 Å². The predicted octanol–water partition coefficient (Wildman–Crippen LogP) is 4.11. The second-order valence-electron chi connectivity index (χ2n) is 6.02. The summed E-state index contributed by atoms with van der Waals surface area (Å²) in [6, 6.07) is 0. The van der Waals surface area contributed by atoms with Crippen molar-refractivity contribution in [2.45, 2.75) is 78.1 Å². The van der Waals surface area contributed by atoms with Crippen LogP contribution in [0.25, 0.3) is 0 Å². The van der Waals surface area contributed by atoms with E-state index in [2.05, 4.69) is 6.92 Å². The fourth-order valence-corrected chi connectivity index (χ4v) is 3.04. The van der Waals surface area contributed by atoms with Crippen molar-refractivity contribution in [1.29, 1.82) is 0 Å². The molecule has 0 spiro atoms. The summed E-state index contributed by atoms with van der Waals surface area (Å²) in [6.07, 6.45) is 12.4. The van der Waals surface area contributed by atoms with Gasteiger partial charge in [0.05, 0.1) is 0 Å². The van der Waals surface area contributed by atoms with Crippen LogP contribution in [0.3, 0.4) is 0 Å². The molecule has 0 aliphatic rings. The smallest absolute Gasteiger partial charge is 0.260 e. The zero-order valence-corrected chi connectivity index (χ0v) is 14.8. The summed E-state index contributed by atoms with van der Waals surface area (Å²) in [5, 5.41) is 0. The fraction of sp³-hybridized carbons (Fsp3) is 1.00. The third-order valence-electron chi connectivity index (χ3n) is 3.93. The molecule has 0 radical (unpaired) electrons. The van der Waals surface area contributed by atoms with Crippen LogP contribution >= 0.6 is 0 Å². The Hall–Kier alpha value is -0.170. The molecule has 1 unspecified atom stereocenters. The third kappa shape index (κ3) is 13.2. The van der Waals surface area contributed by atoms with E-state index in [1.54, 1.807) is 7.05 Å². The lowest BCUT2D eigenvalue weighted by Crippen LogP contribution is -2.46. The molecule has 0 aromatic carbocycles. The van der Waals surface area contributed by atoms with Gasteiger partial charge in [0, 0.05) is 0 Å². The van der Waals surface area contributed by atoms with Gasteiger partial charge in [-0.1, -0.05) is 58.3 Å². The molecule has 0 amide bonds. The first-order valence-corrected chi connectivity index (χ1v) is 9.72. The molecule has 1 N–H and O–H groups in total. The van der Waals surface area contributed by atoms with Gasteiger partial charge in [-0.3, -0.25) is 4.55 Å². The van der Waals surface area contributed by atoms with Gasteiger partial charge in [0.1, 0.15) is 20.1 Å². The lowest BCUT2D eigenvalue weighted by molar-refractivity contribution is -1.06. The number of quaternary nitrogens is 1. The van der Waals surface area contributed by atoms with Crippen LogP contribution in [0.1, 0.15) is 78.1 Å².